The van der Waals surface area contributed by atoms with Crippen molar-refractivity contribution >= 4 is 22.6 Å². The maximum Gasteiger partial charge on any atom is 0.0358 e. The van der Waals surface area contributed by atoms with Crippen LogP contribution in [0.4, 0.5) is 0 Å². The van der Waals surface area contributed by atoms with E-state index in [-0.39, 0.29) is 0 Å². The van der Waals surface area contributed by atoms with Crippen molar-refractivity contribution in [3.8, 4) is 0 Å². The highest BCUT2D eigenvalue weighted by atomic mass is 127. The molecule has 2 rings (SSSR count). The van der Waals surface area contributed by atoms with Crippen LogP contribution < -0.4 is 5.32 Å². The van der Waals surface area contributed by atoms with Gasteiger partial charge < -0.3 is 5.32 Å². The molecule has 0 aliphatic carbocycles. The van der Waals surface area contributed by atoms with Gasteiger partial charge in [-0.1, -0.05) is 29.8 Å². The smallest absolute Gasteiger partial charge is 0.0358 e. The lowest BCUT2D eigenvalue weighted by molar-refractivity contribution is 0.589. The van der Waals surface area contributed by atoms with Crippen LogP contribution in [0.25, 0.3) is 0 Å². The van der Waals surface area contributed by atoms with Crippen LogP contribution in [0.1, 0.15) is 33.9 Å². The van der Waals surface area contributed by atoms with Gasteiger partial charge in [0.25, 0.3) is 0 Å². The molecule has 20 heavy (non-hydrogen) atoms. The number of likely N-dealkylation sites (N-methyl/N-ethyl adjacent to an activating group) is 1. The summed E-state index contributed by atoms with van der Waals surface area (Å²) in [5, 5.41) is 3.45. The topological polar surface area (TPSA) is 12.0 Å². The first kappa shape index (κ1) is 15.5. The van der Waals surface area contributed by atoms with E-state index in [1.807, 2.05) is 7.05 Å². The van der Waals surface area contributed by atoms with E-state index in [1.54, 1.807) is 0 Å². The van der Waals surface area contributed by atoms with Crippen LogP contribution in [0.3, 0.4) is 0 Å². The molecule has 1 N–H and O–H groups in total. The molecule has 0 aliphatic rings. The molecular formula is C18H22IN. The summed E-state index contributed by atoms with van der Waals surface area (Å²) in [5.74, 6) is 0. The number of aryl methyl sites for hydroxylation is 3. The van der Waals surface area contributed by atoms with Gasteiger partial charge in [0.15, 0.2) is 0 Å². The lowest BCUT2D eigenvalue weighted by Crippen LogP contribution is -2.19. The molecule has 2 aromatic carbocycles. The third kappa shape index (κ3) is 3.61. The Morgan fingerprint density at radius 1 is 1.00 bits per heavy atom. The summed E-state index contributed by atoms with van der Waals surface area (Å²) in [6.45, 7) is 6.60. The Morgan fingerprint density at radius 3 is 2.05 bits per heavy atom. The number of hydrogen-bond acceptors (Lipinski definition) is 1. The zero-order chi connectivity index (χ0) is 14.7. The van der Waals surface area contributed by atoms with Gasteiger partial charge in [-0.2, -0.15) is 0 Å². The summed E-state index contributed by atoms with van der Waals surface area (Å²) >= 11 is 2.35. The van der Waals surface area contributed by atoms with Gasteiger partial charge in [0, 0.05) is 9.61 Å². The second kappa shape index (κ2) is 6.72. The van der Waals surface area contributed by atoms with Crippen LogP contribution in [-0.4, -0.2) is 7.05 Å². The van der Waals surface area contributed by atoms with Crippen molar-refractivity contribution in [2.24, 2.45) is 0 Å². The van der Waals surface area contributed by atoms with Crippen LogP contribution in [0, 0.1) is 24.3 Å². The fourth-order valence-electron chi connectivity index (χ4n) is 2.82. The van der Waals surface area contributed by atoms with Gasteiger partial charge in [-0.15, -0.1) is 0 Å². The Balaban J connectivity index is 2.29. The molecule has 0 amide bonds. The van der Waals surface area contributed by atoms with Gasteiger partial charge in [-0.3, -0.25) is 0 Å². The number of benzene rings is 2. The Labute approximate surface area is 135 Å². The SMILES string of the molecule is CNC(Cc1c(C)cc(C)cc1C)c1ccc(I)cc1. The summed E-state index contributed by atoms with van der Waals surface area (Å²) in [5.41, 5.74) is 6.96. The van der Waals surface area contributed by atoms with E-state index in [0.717, 1.165) is 6.42 Å². The molecular weight excluding hydrogens is 357 g/mol. The average molecular weight is 379 g/mol. The van der Waals surface area contributed by atoms with Gasteiger partial charge in [-0.05, 0) is 91.2 Å². The van der Waals surface area contributed by atoms with Crippen LogP contribution in [0.2, 0.25) is 0 Å². The lowest BCUT2D eigenvalue weighted by Gasteiger charge is -2.20. The molecule has 0 bridgehead atoms. The zero-order valence-corrected chi connectivity index (χ0v) is 14.8. The van der Waals surface area contributed by atoms with E-state index < -0.39 is 0 Å². The minimum Gasteiger partial charge on any atom is -0.313 e. The fourth-order valence-corrected chi connectivity index (χ4v) is 3.18. The second-order valence-electron chi connectivity index (χ2n) is 5.47. The van der Waals surface area contributed by atoms with Crippen LogP contribution in [0.5, 0.6) is 0 Å². The van der Waals surface area contributed by atoms with E-state index in [4.69, 9.17) is 0 Å². The monoisotopic (exact) mass is 379 g/mol. The first-order valence-corrected chi connectivity index (χ1v) is 8.08. The highest BCUT2D eigenvalue weighted by Crippen LogP contribution is 2.24. The average Bonchev–Trinajstić information content (AvgIpc) is 2.39. The molecule has 1 atom stereocenters. The molecule has 0 saturated carbocycles. The molecule has 0 fully saturated rings. The molecule has 0 aliphatic heterocycles. The molecule has 0 saturated heterocycles. The molecule has 106 valence electrons. The van der Waals surface area contributed by atoms with Crippen LogP contribution in [0.15, 0.2) is 36.4 Å². The minimum atomic E-state index is 0.368. The Hall–Kier alpha value is -0.870. The molecule has 0 heterocycles. The van der Waals surface area contributed by atoms with E-state index in [0.29, 0.717) is 6.04 Å². The van der Waals surface area contributed by atoms with Gasteiger partial charge in [0.05, 0.1) is 0 Å². The van der Waals surface area contributed by atoms with Crippen molar-refractivity contribution in [1.29, 1.82) is 0 Å². The standard InChI is InChI=1S/C18H22IN/c1-12-9-13(2)17(14(3)10-12)11-18(20-4)15-5-7-16(19)8-6-15/h5-10,18,20H,11H2,1-4H3. The van der Waals surface area contributed by atoms with Crippen molar-refractivity contribution in [3.63, 3.8) is 0 Å². The highest BCUT2D eigenvalue weighted by Gasteiger charge is 2.13. The maximum atomic E-state index is 3.45. The van der Waals surface area contributed by atoms with Gasteiger partial charge >= 0.3 is 0 Å². The molecule has 0 spiro atoms. The Kier molecular flexibility index (Phi) is 5.22. The van der Waals surface area contributed by atoms with Crippen molar-refractivity contribution in [2.45, 2.75) is 33.2 Å². The summed E-state index contributed by atoms with van der Waals surface area (Å²) < 4.78 is 1.28. The van der Waals surface area contributed by atoms with Gasteiger partial charge in [-0.25, -0.2) is 0 Å². The Bertz CT molecular complexity index is 564. The van der Waals surface area contributed by atoms with E-state index >= 15 is 0 Å². The van der Waals surface area contributed by atoms with Crippen molar-refractivity contribution < 1.29 is 0 Å². The molecule has 1 nitrogen and oxygen atoms in total. The maximum absolute atomic E-state index is 3.45. The summed E-state index contributed by atoms with van der Waals surface area (Å²) in [6.07, 6.45) is 1.04. The largest absolute Gasteiger partial charge is 0.313 e. The quantitative estimate of drug-likeness (QED) is 0.758. The molecule has 0 radical (unpaired) electrons. The van der Waals surface area contributed by atoms with Crippen LogP contribution >= 0.6 is 22.6 Å². The van der Waals surface area contributed by atoms with Crippen molar-refractivity contribution in [2.75, 3.05) is 7.05 Å². The summed E-state index contributed by atoms with van der Waals surface area (Å²) in [6, 6.07) is 13.7. The first-order valence-electron chi connectivity index (χ1n) is 7.00. The lowest BCUT2D eigenvalue weighted by atomic mass is 9.92. The first-order chi connectivity index (χ1) is 9.51. The number of nitrogens with one attached hydrogen (secondary N) is 1. The van der Waals surface area contributed by atoms with E-state index in [1.165, 1.54) is 31.4 Å². The Morgan fingerprint density at radius 2 is 1.55 bits per heavy atom. The van der Waals surface area contributed by atoms with Gasteiger partial charge in [0.1, 0.15) is 0 Å². The number of hydrogen-bond donors (Lipinski definition) is 1. The predicted molar refractivity (Wildman–Crippen MR) is 95.3 cm³/mol. The van der Waals surface area contributed by atoms with Crippen LogP contribution in [-0.2, 0) is 6.42 Å². The van der Waals surface area contributed by atoms with E-state index in [9.17, 15) is 0 Å². The van der Waals surface area contributed by atoms with E-state index in [2.05, 4.69) is 85.1 Å². The third-order valence-electron chi connectivity index (χ3n) is 3.87. The normalized spacial score (nSPS) is 12.4. The highest BCUT2D eigenvalue weighted by molar-refractivity contribution is 14.1. The summed E-state index contributed by atoms with van der Waals surface area (Å²) in [4.78, 5) is 0. The molecule has 1 unspecified atom stereocenters. The predicted octanol–water partition coefficient (Wildman–Crippen LogP) is 4.72. The molecule has 0 aromatic heterocycles. The van der Waals surface area contributed by atoms with Gasteiger partial charge in [0.2, 0.25) is 0 Å². The molecule has 2 aromatic rings. The fraction of sp³-hybridized carbons (Fsp3) is 0.333. The molecule has 2 heteroatoms. The van der Waals surface area contributed by atoms with Crippen molar-refractivity contribution in [3.05, 3.63) is 67.8 Å². The number of halogens is 1. The summed E-state index contributed by atoms with van der Waals surface area (Å²) in [7, 11) is 2.04. The number of rotatable bonds is 4. The zero-order valence-electron chi connectivity index (χ0n) is 12.6. The third-order valence-corrected chi connectivity index (χ3v) is 4.59. The second-order valence-corrected chi connectivity index (χ2v) is 6.72. The minimum absolute atomic E-state index is 0.368. The van der Waals surface area contributed by atoms with Crippen molar-refractivity contribution in [1.82, 2.24) is 5.32 Å².